The fourth-order valence-corrected chi connectivity index (χ4v) is 5.92. The second-order valence-electron chi connectivity index (χ2n) is 9.46. The third-order valence-electron chi connectivity index (χ3n) is 6.63. The highest BCUT2D eigenvalue weighted by Crippen LogP contribution is 2.44. The van der Waals surface area contributed by atoms with Gasteiger partial charge in [-0.3, -0.25) is 9.69 Å². The summed E-state index contributed by atoms with van der Waals surface area (Å²) < 4.78 is 15.0. The molecular weight excluding hydrogens is 584 g/mol. The summed E-state index contributed by atoms with van der Waals surface area (Å²) in [4.78, 5) is 16.9. The Labute approximate surface area is 256 Å². The van der Waals surface area contributed by atoms with E-state index in [4.69, 9.17) is 9.47 Å². The molecule has 0 amide bonds. The van der Waals surface area contributed by atoms with Crippen LogP contribution in [0.3, 0.4) is 0 Å². The molecule has 0 radical (unpaired) electrons. The lowest BCUT2D eigenvalue weighted by Gasteiger charge is -2.27. The third-order valence-corrected chi connectivity index (χ3v) is 8.24. The quantitative estimate of drug-likeness (QED) is 0.164. The van der Waals surface area contributed by atoms with Crippen molar-refractivity contribution in [1.82, 2.24) is 9.47 Å². The van der Waals surface area contributed by atoms with Crippen LogP contribution in [0.25, 0.3) is 10.9 Å². The maximum Gasteiger partial charge on any atom is 0.190 e. The minimum Gasteiger partial charge on any atom is -0.477 e. The van der Waals surface area contributed by atoms with Crippen molar-refractivity contribution in [3.05, 3.63) is 57.7 Å². The molecule has 2 aromatic carbocycles. The number of ether oxygens (including phenoxy) is 2. The summed E-state index contributed by atoms with van der Waals surface area (Å²) in [5.41, 5.74) is 4.00. The summed E-state index contributed by atoms with van der Waals surface area (Å²) in [5, 5.41) is 1.01. The largest absolute Gasteiger partial charge is 0.477 e. The van der Waals surface area contributed by atoms with E-state index in [2.05, 4.69) is 71.3 Å². The van der Waals surface area contributed by atoms with Gasteiger partial charge in [0.25, 0.3) is 0 Å². The molecule has 2 heterocycles. The second-order valence-corrected chi connectivity index (χ2v) is 11.4. The van der Waals surface area contributed by atoms with Gasteiger partial charge in [0, 0.05) is 46.5 Å². The van der Waals surface area contributed by atoms with Crippen LogP contribution in [0.4, 0.5) is 0 Å². The van der Waals surface area contributed by atoms with Crippen LogP contribution < -0.4 is 4.74 Å². The zero-order valence-electron chi connectivity index (χ0n) is 25.1. The molecule has 0 saturated carbocycles. The number of rotatable bonds is 10. The highest BCUT2D eigenvalue weighted by molar-refractivity contribution is 9.10. The van der Waals surface area contributed by atoms with Crippen molar-refractivity contribution in [2.75, 3.05) is 27.0 Å². The average Bonchev–Trinajstić information content (AvgIpc) is 3.30. The zero-order valence-corrected chi connectivity index (χ0v) is 27.5. The first-order valence-corrected chi connectivity index (χ1v) is 16.1. The number of hydrogen-bond acceptors (Lipinski definition) is 5. The minimum atomic E-state index is 0. The highest BCUT2D eigenvalue weighted by atomic mass is 79.9. The van der Waals surface area contributed by atoms with Crippen LogP contribution in [-0.4, -0.2) is 42.2 Å². The van der Waals surface area contributed by atoms with E-state index in [1.54, 1.807) is 11.8 Å². The molecule has 224 valence electrons. The van der Waals surface area contributed by atoms with Crippen LogP contribution in [0, 0.1) is 0 Å². The van der Waals surface area contributed by atoms with E-state index in [1.807, 2.05) is 46.0 Å². The lowest BCUT2D eigenvalue weighted by atomic mass is 10.00. The normalized spacial score (nSPS) is 13.1. The Balaban J connectivity index is 0.00000105. The Bertz CT molecular complexity index is 1180. The van der Waals surface area contributed by atoms with Gasteiger partial charge in [0.15, 0.2) is 5.78 Å². The SMILES string of the molecule is C.CC.CCCC.CCOCC(=O)c1c(CSc2ccccc2)n(C(C)CC)c2cc(Br)c3c(c12)CN(C)CO3. The van der Waals surface area contributed by atoms with Crippen molar-refractivity contribution >= 4 is 44.4 Å². The van der Waals surface area contributed by atoms with Crippen LogP contribution in [0.1, 0.15) is 103 Å². The number of unbranched alkanes of at least 4 members (excludes halogenated alkanes) is 1. The summed E-state index contributed by atoms with van der Waals surface area (Å²) in [6.45, 7) is 16.6. The number of benzene rings is 2. The molecule has 0 spiro atoms. The molecule has 0 aliphatic carbocycles. The van der Waals surface area contributed by atoms with Crippen molar-refractivity contribution in [1.29, 1.82) is 0 Å². The molecule has 0 bridgehead atoms. The van der Waals surface area contributed by atoms with Gasteiger partial charge in [-0.25, -0.2) is 0 Å². The fourth-order valence-electron chi connectivity index (χ4n) is 4.41. The van der Waals surface area contributed by atoms with Gasteiger partial charge >= 0.3 is 0 Å². The van der Waals surface area contributed by atoms with Crippen LogP contribution >= 0.6 is 27.7 Å². The van der Waals surface area contributed by atoms with E-state index < -0.39 is 0 Å². The van der Waals surface area contributed by atoms with Gasteiger partial charge in [0.2, 0.25) is 0 Å². The number of carbonyl (C=O) groups excluding carboxylic acids is 1. The number of ketones is 1. The van der Waals surface area contributed by atoms with E-state index in [9.17, 15) is 4.79 Å². The summed E-state index contributed by atoms with van der Waals surface area (Å²) in [5.74, 6) is 1.58. The lowest BCUT2D eigenvalue weighted by Crippen LogP contribution is -2.28. The highest BCUT2D eigenvalue weighted by Gasteiger charge is 2.31. The first-order chi connectivity index (χ1) is 18.9. The van der Waals surface area contributed by atoms with Crippen molar-refractivity contribution < 1.29 is 14.3 Å². The standard InChI is InChI=1S/C26H31BrN2O3S.C4H10.C2H6.CH4/c1-5-17(3)29-21-12-20(27)26-19(13-28(4)16-32-26)24(21)25(23(30)14-31-6-2)22(29)15-33-18-10-8-7-9-11-18;1-3-4-2;1-2;/h7-12,17H,5-6,13-16H2,1-4H3;3-4H2,1-2H3;1-2H3;1H4. The number of nitrogens with zero attached hydrogens (tertiary/aromatic N) is 2. The molecule has 1 unspecified atom stereocenters. The summed E-state index contributed by atoms with van der Waals surface area (Å²) in [6.07, 6.45) is 3.61. The predicted octanol–water partition coefficient (Wildman–Crippen LogP) is 10.1. The number of fused-ring (bicyclic) bond motifs is 3. The Kier molecular flexibility index (Phi) is 16.8. The molecular formula is C33H51BrN2O3S. The van der Waals surface area contributed by atoms with Crippen molar-refractivity contribution in [3.63, 3.8) is 0 Å². The molecule has 1 aromatic heterocycles. The number of aromatic nitrogens is 1. The van der Waals surface area contributed by atoms with Gasteiger partial charge < -0.3 is 14.0 Å². The maximum absolute atomic E-state index is 13.6. The molecule has 5 nitrogen and oxygen atoms in total. The smallest absolute Gasteiger partial charge is 0.190 e. The van der Waals surface area contributed by atoms with E-state index in [-0.39, 0.29) is 25.9 Å². The average molecular weight is 636 g/mol. The van der Waals surface area contributed by atoms with Gasteiger partial charge in [-0.15, -0.1) is 11.8 Å². The Hall–Kier alpha value is -1.80. The van der Waals surface area contributed by atoms with Crippen LogP contribution in [-0.2, 0) is 17.0 Å². The molecule has 1 aliphatic heterocycles. The topological polar surface area (TPSA) is 43.7 Å². The zero-order chi connectivity index (χ0) is 28.9. The molecule has 1 atom stereocenters. The fraction of sp³-hybridized carbons (Fsp3) is 0.545. The Morgan fingerprint density at radius 1 is 1.12 bits per heavy atom. The Morgan fingerprint density at radius 2 is 1.77 bits per heavy atom. The molecule has 3 aromatic rings. The number of thioether (sulfide) groups is 1. The van der Waals surface area contributed by atoms with Gasteiger partial charge in [-0.2, -0.15) is 0 Å². The van der Waals surface area contributed by atoms with Gasteiger partial charge in [-0.1, -0.05) is 73.1 Å². The van der Waals surface area contributed by atoms with Gasteiger partial charge in [0.1, 0.15) is 19.1 Å². The third kappa shape index (κ3) is 8.85. The number of halogens is 1. The van der Waals surface area contributed by atoms with Crippen molar-refractivity contribution in [3.8, 4) is 5.75 Å². The predicted molar refractivity (Wildman–Crippen MR) is 177 cm³/mol. The van der Waals surface area contributed by atoms with Crippen LogP contribution in [0.5, 0.6) is 5.75 Å². The molecule has 7 heteroatoms. The molecule has 0 N–H and O–H groups in total. The van der Waals surface area contributed by atoms with Gasteiger partial charge in [-0.05, 0) is 61.4 Å². The first-order valence-electron chi connectivity index (χ1n) is 14.4. The van der Waals surface area contributed by atoms with Crippen molar-refractivity contribution in [2.45, 2.75) is 98.4 Å². The summed E-state index contributed by atoms with van der Waals surface area (Å²) in [7, 11) is 2.04. The van der Waals surface area contributed by atoms with Crippen molar-refractivity contribution in [2.24, 2.45) is 0 Å². The number of carbonyl (C=O) groups is 1. The first kappa shape index (κ1) is 36.2. The number of Topliss-reactive ketones (excluding diaryl/α,β-unsaturated/α-hetero) is 1. The molecule has 4 rings (SSSR count). The Morgan fingerprint density at radius 3 is 2.35 bits per heavy atom. The monoisotopic (exact) mass is 634 g/mol. The molecule has 1 aliphatic rings. The van der Waals surface area contributed by atoms with Crippen LogP contribution in [0.2, 0.25) is 0 Å². The second kappa shape index (κ2) is 18.6. The van der Waals surface area contributed by atoms with E-state index >= 15 is 0 Å². The maximum atomic E-state index is 13.6. The summed E-state index contributed by atoms with van der Waals surface area (Å²) >= 11 is 5.51. The molecule has 40 heavy (non-hydrogen) atoms. The lowest BCUT2D eigenvalue weighted by molar-refractivity contribution is 0.0783. The van der Waals surface area contributed by atoms with Gasteiger partial charge in [0.05, 0.1) is 15.6 Å². The van der Waals surface area contributed by atoms with E-state index in [0.29, 0.717) is 19.1 Å². The molecule has 0 fully saturated rings. The van der Waals surface area contributed by atoms with E-state index in [1.165, 1.54) is 17.7 Å². The number of hydrogen-bond donors (Lipinski definition) is 0. The van der Waals surface area contributed by atoms with Crippen LogP contribution in [0.15, 0.2) is 45.8 Å². The summed E-state index contributed by atoms with van der Waals surface area (Å²) in [6, 6.07) is 12.7. The van der Waals surface area contributed by atoms with E-state index in [0.717, 1.165) is 50.9 Å². The molecule has 0 saturated heterocycles. The minimum absolute atomic E-state index is 0.